The number of hydrogen-bond donors (Lipinski definition) is 2. The lowest BCUT2D eigenvalue weighted by molar-refractivity contribution is 0.0952. The summed E-state index contributed by atoms with van der Waals surface area (Å²) in [7, 11) is 1.62. The topological polar surface area (TPSA) is 71.2 Å². The van der Waals surface area contributed by atoms with Gasteiger partial charge in [-0.15, -0.1) is 0 Å². The number of ether oxygens (including phenoxy) is 1. The Kier molecular flexibility index (Phi) is 4.77. The third-order valence-electron chi connectivity index (χ3n) is 3.18. The normalized spacial score (nSPS) is 10.2. The first-order valence-corrected chi connectivity index (χ1v) is 6.71. The van der Waals surface area contributed by atoms with Gasteiger partial charge >= 0.3 is 0 Å². The highest BCUT2D eigenvalue weighted by atomic mass is 16.5. The van der Waals surface area contributed by atoms with Crippen molar-refractivity contribution in [2.75, 3.05) is 13.7 Å². The molecule has 5 nitrogen and oxygen atoms in total. The molecule has 1 aromatic carbocycles. The van der Waals surface area contributed by atoms with Crippen LogP contribution in [-0.4, -0.2) is 24.5 Å². The molecule has 1 aromatic heterocycles. The van der Waals surface area contributed by atoms with Crippen LogP contribution < -0.4 is 15.6 Å². The number of rotatable bonds is 5. The molecule has 0 spiro atoms. The first-order chi connectivity index (χ1) is 10.1. The Morgan fingerprint density at radius 2 is 2.14 bits per heavy atom. The van der Waals surface area contributed by atoms with Crippen LogP contribution in [0.3, 0.4) is 0 Å². The second-order valence-electron chi connectivity index (χ2n) is 4.73. The highest BCUT2D eigenvalue weighted by Crippen LogP contribution is 2.19. The number of carbonyl (C=O) groups is 1. The predicted molar refractivity (Wildman–Crippen MR) is 80.8 cm³/mol. The van der Waals surface area contributed by atoms with Crippen molar-refractivity contribution in [2.45, 2.75) is 13.3 Å². The van der Waals surface area contributed by atoms with Crippen LogP contribution in [0, 0.1) is 6.92 Å². The summed E-state index contributed by atoms with van der Waals surface area (Å²) in [6, 6.07) is 9.04. The Bertz CT molecular complexity index is 692. The zero-order valence-corrected chi connectivity index (χ0v) is 12.1. The molecular formula is C16H18N2O3. The number of nitrogens with one attached hydrogen (secondary N) is 2. The van der Waals surface area contributed by atoms with Crippen molar-refractivity contribution in [1.29, 1.82) is 0 Å². The zero-order chi connectivity index (χ0) is 15.2. The summed E-state index contributed by atoms with van der Waals surface area (Å²) < 4.78 is 5.29. The van der Waals surface area contributed by atoms with E-state index in [0.717, 1.165) is 16.9 Å². The quantitative estimate of drug-likeness (QED) is 0.878. The number of aromatic amines is 1. The van der Waals surface area contributed by atoms with E-state index in [1.807, 2.05) is 25.1 Å². The average molecular weight is 286 g/mol. The smallest absolute Gasteiger partial charge is 0.260 e. The SMILES string of the molecule is COc1ccc(C)cc1CCNC(=O)c1ccc[nH]c1=O. The summed E-state index contributed by atoms with van der Waals surface area (Å²) in [5.41, 5.74) is 1.90. The van der Waals surface area contributed by atoms with Crippen LogP contribution in [0.2, 0.25) is 0 Å². The number of amides is 1. The fourth-order valence-electron chi connectivity index (χ4n) is 2.11. The third-order valence-corrected chi connectivity index (χ3v) is 3.18. The van der Waals surface area contributed by atoms with Gasteiger partial charge in [0.15, 0.2) is 0 Å². The van der Waals surface area contributed by atoms with Crippen LogP contribution in [0.4, 0.5) is 0 Å². The molecule has 0 aliphatic heterocycles. The molecule has 0 saturated heterocycles. The molecule has 1 amide bonds. The highest BCUT2D eigenvalue weighted by molar-refractivity contribution is 5.93. The van der Waals surface area contributed by atoms with Gasteiger partial charge in [-0.05, 0) is 37.1 Å². The summed E-state index contributed by atoms with van der Waals surface area (Å²) in [5, 5.41) is 2.74. The van der Waals surface area contributed by atoms with Crippen molar-refractivity contribution in [2.24, 2.45) is 0 Å². The van der Waals surface area contributed by atoms with Crippen molar-refractivity contribution in [1.82, 2.24) is 10.3 Å². The lowest BCUT2D eigenvalue weighted by Crippen LogP contribution is -2.30. The number of pyridine rings is 1. The maximum Gasteiger partial charge on any atom is 0.260 e. The number of hydrogen-bond acceptors (Lipinski definition) is 3. The first-order valence-electron chi connectivity index (χ1n) is 6.71. The molecule has 2 rings (SSSR count). The summed E-state index contributed by atoms with van der Waals surface area (Å²) in [6.45, 7) is 2.44. The van der Waals surface area contributed by atoms with E-state index in [0.29, 0.717) is 13.0 Å². The molecule has 0 fully saturated rings. The minimum absolute atomic E-state index is 0.119. The largest absolute Gasteiger partial charge is 0.496 e. The minimum atomic E-state index is -0.386. The summed E-state index contributed by atoms with van der Waals surface area (Å²) in [4.78, 5) is 25.9. The molecule has 2 N–H and O–H groups in total. The molecular weight excluding hydrogens is 268 g/mol. The number of carbonyl (C=O) groups excluding carboxylic acids is 1. The molecule has 0 unspecified atom stereocenters. The summed E-state index contributed by atoms with van der Waals surface area (Å²) in [5.74, 6) is 0.427. The second kappa shape index (κ2) is 6.74. The number of aryl methyl sites for hydroxylation is 1. The number of aromatic nitrogens is 1. The van der Waals surface area contributed by atoms with Crippen LogP contribution >= 0.6 is 0 Å². The van der Waals surface area contributed by atoms with E-state index in [9.17, 15) is 9.59 Å². The van der Waals surface area contributed by atoms with Gasteiger partial charge in [0.05, 0.1) is 7.11 Å². The van der Waals surface area contributed by atoms with Gasteiger partial charge in [0.25, 0.3) is 11.5 Å². The van der Waals surface area contributed by atoms with E-state index in [4.69, 9.17) is 4.74 Å². The maximum absolute atomic E-state index is 11.9. The summed E-state index contributed by atoms with van der Waals surface area (Å²) >= 11 is 0. The predicted octanol–water partition coefficient (Wildman–Crippen LogP) is 1.66. The monoisotopic (exact) mass is 286 g/mol. The van der Waals surface area contributed by atoms with Gasteiger partial charge in [-0.3, -0.25) is 9.59 Å². The van der Waals surface area contributed by atoms with Crippen LogP contribution in [0.15, 0.2) is 41.3 Å². The molecule has 2 aromatic rings. The molecule has 110 valence electrons. The zero-order valence-electron chi connectivity index (χ0n) is 12.1. The average Bonchev–Trinajstić information content (AvgIpc) is 2.48. The molecule has 0 atom stereocenters. The maximum atomic E-state index is 11.9. The highest BCUT2D eigenvalue weighted by Gasteiger charge is 2.09. The Labute approximate surface area is 123 Å². The van der Waals surface area contributed by atoms with E-state index in [1.54, 1.807) is 13.2 Å². The Hall–Kier alpha value is -2.56. The van der Waals surface area contributed by atoms with Crippen LogP contribution in [-0.2, 0) is 6.42 Å². The van der Waals surface area contributed by atoms with Crippen molar-refractivity contribution >= 4 is 5.91 Å². The molecule has 0 saturated carbocycles. The van der Waals surface area contributed by atoms with Crippen molar-refractivity contribution in [3.8, 4) is 5.75 Å². The van der Waals surface area contributed by atoms with Crippen molar-refractivity contribution in [3.63, 3.8) is 0 Å². The van der Waals surface area contributed by atoms with E-state index >= 15 is 0 Å². The number of H-pyrrole nitrogens is 1. The van der Waals surface area contributed by atoms with Gasteiger partial charge in [0.2, 0.25) is 0 Å². The van der Waals surface area contributed by atoms with Gasteiger partial charge < -0.3 is 15.0 Å². The number of benzene rings is 1. The molecule has 0 bridgehead atoms. The third kappa shape index (κ3) is 3.72. The Balaban J connectivity index is 1.99. The lowest BCUT2D eigenvalue weighted by atomic mass is 10.1. The van der Waals surface area contributed by atoms with Gasteiger partial charge in [0.1, 0.15) is 11.3 Å². The standard InChI is InChI=1S/C16H18N2O3/c1-11-5-6-14(21-2)12(10-11)7-9-18-16(20)13-4-3-8-17-15(13)19/h3-6,8,10H,7,9H2,1-2H3,(H,17,19)(H,18,20). The fraction of sp³-hybridized carbons (Fsp3) is 0.250. The summed E-state index contributed by atoms with van der Waals surface area (Å²) in [6.07, 6.45) is 2.14. The lowest BCUT2D eigenvalue weighted by Gasteiger charge is -2.10. The van der Waals surface area contributed by atoms with Crippen molar-refractivity contribution in [3.05, 3.63) is 63.6 Å². The van der Waals surface area contributed by atoms with E-state index in [2.05, 4.69) is 10.3 Å². The van der Waals surface area contributed by atoms with Gasteiger partial charge in [0, 0.05) is 12.7 Å². The minimum Gasteiger partial charge on any atom is -0.496 e. The molecule has 21 heavy (non-hydrogen) atoms. The van der Waals surface area contributed by atoms with Crippen molar-refractivity contribution < 1.29 is 9.53 Å². The molecule has 0 aliphatic rings. The second-order valence-corrected chi connectivity index (χ2v) is 4.73. The van der Waals surface area contributed by atoms with E-state index < -0.39 is 0 Å². The van der Waals surface area contributed by atoms with Gasteiger partial charge in [-0.1, -0.05) is 17.7 Å². The Morgan fingerprint density at radius 3 is 2.86 bits per heavy atom. The van der Waals surface area contributed by atoms with E-state index in [-0.39, 0.29) is 17.0 Å². The van der Waals surface area contributed by atoms with Crippen LogP contribution in [0.5, 0.6) is 5.75 Å². The van der Waals surface area contributed by atoms with Gasteiger partial charge in [-0.2, -0.15) is 0 Å². The first kappa shape index (κ1) is 14.8. The fourth-order valence-corrected chi connectivity index (χ4v) is 2.11. The molecule has 0 aliphatic carbocycles. The Morgan fingerprint density at radius 1 is 1.33 bits per heavy atom. The van der Waals surface area contributed by atoms with E-state index in [1.165, 1.54) is 12.3 Å². The van der Waals surface area contributed by atoms with Crippen LogP contribution in [0.1, 0.15) is 21.5 Å². The molecule has 5 heteroatoms. The number of methoxy groups -OCH3 is 1. The van der Waals surface area contributed by atoms with Gasteiger partial charge in [-0.25, -0.2) is 0 Å². The molecule has 1 heterocycles. The van der Waals surface area contributed by atoms with Crippen LogP contribution in [0.25, 0.3) is 0 Å². The molecule has 0 radical (unpaired) electrons.